The lowest BCUT2D eigenvalue weighted by Gasteiger charge is -2.19. The highest BCUT2D eigenvalue weighted by molar-refractivity contribution is 6.30. The van der Waals surface area contributed by atoms with Crippen molar-refractivity contribution in [2.75, 3.05) is 6.54 Å². The Labute approximate surface area is 113 Å². The molecule has 0 unspecified atom stereocenters. The summed E-state index contributed by atoms with van der Waals surface area (Å²) in [4.78, 5) is 11.5. The van der Waals surface area contributed by atoms with Gasteiger partial charge in [0.2, 0.25) is 0 Å². The Kier molecular flexibility index (Phi) is 5.17. The zero-order valence-corrected chi connectivity index (χ0v) is 12.1. The van der Waals surface area contributed by atoms with E-state index in [1.165, 1.54) is 0 Å². The number of hydrogen-bond acceptors (Lipinski definition) is 3. The monoisotopic (exact) mass is 269 g/mol. The zero-order chi connectivity index (χ0) is 13.8. The first-order valence-electron chi connectivity index (χ1n) is 5.95. The summed E-state index contributed by atoms with van der Waals surface area (Å²) in [6, 6.07) is 5.71. The predicted molar refractivity (Wildman–Crippen MR) is 73.7 cm³/mol. The maximum atomic E-state index is 11.5. The summed E-state index contributed by atoms with van der Waals surface area (Å²) in [6.07, 6.45) is 0. The topological polar surface area (TPSA) is 38.3 Å². The largest absolute Gasteiger partial charge is 0.459 e. The van der Waals surface area contributed by atoms with E-state index in [0.29, 0.717) is 6.54 Å². The summed E-state index contributed by atoms with van der Waals surface area (Å²) in [5.74, 6) is -0.242. The molecule has 0 aromatic heterocycles. The van der Waals surface area contributed by atoms with E-state index in [0.717, 1.165) is 16.1 Å². The summed E-state index contributed by atoms with van der Waals surface area (Å²) in [5.41, 5.74) is 1.80. The van der Waals surface area contributed by atoms with E-state index < -0.39 is 5.60 Å². The highest BCUT2D eigenvalue weighted by Crippen LogP contribution is 2.14. The van der Waals surface area contributed by atoms with Crippen LogP contribution in [0.4, 0.5) is 0 Å². The molecule has 0 bridgehead atoms. The van der Waals surface area contributed by atoms with Crippen LogP contribution in [0.3, 0.4) is 0 Å². The Balaban J connectivity index is 2.40. The summed E-state index contributed by atoms with van der Waals surface area (Å²) < 4.78 is 5.20. The molecule has 3 nitrogen and oxygen atoms in total. The van der Waals surface area contributed by atoms with Crippen LogP contribution in [0.2, 0.25) is 5.02 Å². The molecule has 0 heterocycles. The lowest BCUT2D eigenvalue weighted by molar-refractivity contribution is -0.153. The number of rotatable bonds is 4. The first-order chi connectivity index (χ1) is 8.28. The van der Waals surface area contributed by atoms with Crippen LogP contribution in [-0.2, 0) is 16.1 Å². The molecule has 0 fully saturated rings. The van der Waals surface area contributed by atoms with Crippen molar-refractivity contribution in [3.05, 3.63) is 34.3 Å². The summed E-state index contributed by atoms with van der Waals surface area (Å²) >= 11 is 5.88. The van der Waals surface area contributed by atoms with Gasteiger partial charge in [-0.1, -0.05) is 17.7 Å². The molecule has 0 saturated heterocycles. The van der Waals surface area contributed by atoms with Crippen molar-refractivity contribution in [3.63, 3.8) is 0 Å². The van der Waals surface area contributed by atoms with Gasteiger partial charge in [-0.2, -0.15) is 0 Å². The van der Waals surface area contributed by atoms with Gasteiger partial charge in [0.15, 0.2) is 0 Å². The number of ether oxygens (including phenoxy) is 1. The Hall–Kier alpha value is -1.06. The molecule has 0 aliphatic carbocycles. The molecule has 100 valence electrons. The SMILES string of the molecule is Cc1cc(Cl)ccc1CNCC(=O)OC(C)(C)C. The molecule has 1 aromatic rings. The van der Waals surface area contributed by atoms with E-state index in [4.69, 9.17) is 16.3 Å². The van der Waals surface area contributed by atoms with Crippen LogP contribution in [0.5, 0.6) is 0 Å². The molecule has 0 saturated carbocycles. The average Bonchev–Trinajstić information content (AvgIpc) is 2.18. The van der Waals surface area contributed by atoms with Crippen molar-refractivity contribution < 1.29 is 9.53 Å². The third-order valence-corrected chi connectivity index (χ3v) is 2.54. The van der Waals surface area contributed by atoms with Gasteiger partial charge < -0.3 is 10.1 Å². The number of benzene rings is 1. The van der Waals surface area contributed by atoms with Gasteiger partial charge in [0, 0.05) is 11.6 Å². The number of hydrogen-bond donors (Lipinski definition) is 1. The number of carbonyl (C=O) groups excluding carboxylic acids is 1. The fraction of sp³-hybridized carbons (Fsp3) is 0.500. The molecule has 0 aliphatic rings. The Morgan fingerprint density at radius 2 is 2.06 bits per heavy atom. The van der Waals surface area contributed by atoms with E-state index in [9.17, 15) is 4.79 Å². The number of esters is 1. The predicted octanol–water partition coefficient (Wildman–Crippen LogP) is 3.08. The second kappa shape index (κ2) is 6.21. The average molecular weight is 270 g/mol. The lowest BCUT2D eigenvalue weighted by Crippen LogP contribution is -2.31. The molecule has 0 radical (unpaired) electrons. The fourth-order valence-electron chi connectivity index (χ4n) is 1.53. The molecule has 0 atom stereocenters. The van der Waals surface area contributed by atoms with Crippen molar-refractivity contribution >= 4 is 17.6 Å². The third-order valence-electron chi connectivity index (χ3n) is 2.31. The van der Waals surface area contributed by atoms with Crippen LogP contribution in [0.15, 0.2) is 18.2 Å². The van der Waals surface area contributed by atoms with E-state index in [1.807, 2.05) is 45.9 Å². The van der Waals surface area contributed by atoms with Gasteiger partial charge in [-0.25, -0.2) is 0 Å². The van der Waals surface area contributed by atoms with E-state index in [2.05, 4.69) is 5.32 Å². The number of carbonyl (C=O) groups is 1. The number of aryl methyl sites for hydroxylation is 1. The van der Waals surface area contributed by atoms with Gasteiger partial charge in [-0.05, 0) is 51.0 Å². The molecule has 4 heteroatoms. The van der Waals surface area contributed by atoms with Gasteiger partial charge in [-0.15, -0.1) is 0 Å². The van der Waals surface area contributed by atoms with E-state index in [-0.39, 0.29) is 12.5 Å². The minimum atomic E-state index is -0.436. The van der Waals surface area contributed by atoms with Gasteiger partial charge in [0.25, 0.3) is 0 Å². The van der Waals surface area contributed by atoms with Crippen LogP contribution in [0, 0.1) is 6.92 Å². The van der Waals surface area contributed by atoms with Crippen molar-refractivity contribution in [3.8, 4) is 0 Å². The quantitative estimate of drug-likeness (QED) is 0.854. The smallest absolute Gasteiger partial charge is 0.320 e. The number of halogens is 1. The first-order valence-corrected chi connectivity index (χ1v) is 6.33. The van der Waals surface area contributed by atoms with Gasteiger partial charge >= 0.3 is 5.97 Å². The molecule has 1 N–H and O–H groups in total. The fourth-order valence-corrected chi connectivity index (χ4v) is 1.76. The van der Waals surface area contributed by atoms with E-state index >= 15 is 0 Å². The van der Waals surface area contributed by atoms with Crippen LogP contribution < -0.4 is 5.32 Å². The van der Waals surface area contributed by atoms with Crippen molar-refractivity contribution in [1.29, 1.82) is 0 Å². The van der Waals surface area contributed by atoms with Gasteiger partial charge in [-0.3, -0.25) is 4.79 Å². The van der Waals surface area contributed by atoms with Crippen LogP contribution in [0.25, 0.3) is 0 Å². The molecule has 18 heavy (non-hydrogen) atoms. The molecule has 1 aromatic carbocycles. The van der Waals surface area contributed by atoms with Crippen LogP contribution in [0.1, 0.15) is 31.9 Å². The molecular weight excluding hydrogens is 250 g/mol. The Morgan fingerprint density at radius 3 is 2.61 bits per heavy atom. The van der Waals surface area contributed by atoms with Crippen molar-refractivity contribution in [2.24, 2.45) is 0 Å². The maximum Gasteiger partial charge on any atom is 0.320 e. The molecular formula is C14H20ClNO2. The Bertz CT molecular complexity index is 424. The highest BCUT2D eigenvalue weighted by Gasteiger charge is 2.15. The number of nitrogens with one attached hydrogen (secondary N) is 1. The summed E-state index contributed by atoms with van der Waals surface area (Å²) in [6.45, 7) is 8.40. The normalized spacial score (nSPS) is 11.4. The van der Waals surface area contributed by atoms with Gasteiger partial charge in [0.05, 0.1) is 6.54 Å². The first kappa shape index (κ1) is 15.0. The minimum Gasteiger partial charge on any atom is -0.459 e. The third kappa shape index (κ3) is 5.52. The van der Waals surface area contributed by atoms with Crippen LogP contribution in [-0.4, -0.2) is 18.1 Å². The maximum absolute atomic E-state index is 11.5. The minimum absolute atomic E-state index is 0.208. The molecule has 0 aliphatic heterocycles. The van der Waals surface area contributed by atoms with E-state index in [1.54, 1.807) is 0 Å². The highest BCUT2D eigenvalue weighted by atomic mass is 35.5. The molecule has 1 rings (SSSR count). The summed E-state index contributed by atoms with van der Waals surface area (Å²) in [7, 11) is 0. The summed E-state index contributed by atoms with van der Waals surface area (Å²) in [5, 5.41) is 3.79. The molecule has 0 spiro atoms. The van der Waals surface area contributed by atoms with Crippen molar-refractivity contribution in [1.82, 2.24) is 5.32 Å². The van der Waals surface area contributed by atoms with Crippen molar-refractivity contribution in [2.45, 2.75) is 39.8 Å². The Morgan fingerprint density at radius 1 is 1.39 bits per heavy atom. The second-order valence-electron chi connectivity index (χ2n) is 5.26. The standard InChI is InChI=1S/C14H20ClNO2/c1-10-7-12(15)6-5-11(10)8-16-9-13(17)18-14(2,3)4/h5-7,16H,8-9H2,1-4H3. The second-order valence-corrected chi connectivity index (χ2v) is 5.70. The molecule has 0 amide bonds. The van der Waals surface area contributed by atoms with Gasteiger partial charge in [0.1, 0.15) is 5.60 Å². The van der Waals surface area contributed by atoms with Crippen LogP contribution >= 0.6 is 11.6 Å². The zero-order valence-electron chi connectivity index (χ0n) is 11.3. The lowest BCUT2D eigenvalue weighted by atomic mass is 10.1.